The largest absolute Gasteiger partial charge is 0.352 e. The van der Waals surface area contributed by atoms with Gasteiger partial charge in [-0.15, -0.1) is 0 Å². The number of anilines is 1. The van der Waals surface area contributed by atoms with Gasteiger partial charge >= 0.3 is 0 Å². The maximum Gasteiger partial charge on any atom is 0.238 e. The van der Waals surface area contributed by atoms with Gasteiger partial charge in [0.15, 0.2) is 0 Å². The molecular formula is C14H17F2N3O2. The number of amides is 2. The molecule has 0 aromatic heterocycles. The highest BCUT2D eigenvalue weighted by molar-refractivity contribution is 5.92. The number of carbonyl (C=O) groups is 2. The lowest BCUT2D eigenvalue weighted by molar-refractivity contribution is -0.123. The SMILES string of the molecule is CN(CC(=O)Nc1ccc(F)cc1F)CC(=O)NC1CC1. The Hall–Kier alpha value is -2.02. The second-order valence-corrected chi connectivity index (χ2v) is 5.19. The van der Waals surface area contributed by atoms with Crippen LogP contribution < -0.4 is 10.6 Å². The van der Waals surface area contributed by atoms with Gasteiger partial charge in [-0.25, -0.2) is 8.78 Å². The fraction of sp³-hybridized carbons (Fsp3) is 0.429. The Bertz CT molecular complexity index is 547. The lowest BCUT2D eigenvalue weighted by Crippen LogP contribution is -2.39. The molecule has 2 amide bonds. The van der Waals surface area contributed by atoms with Crippen LogP contribution in [0.4, 0.5) is 14.5 Å². The normalized spacial score (nSPS) is 14.1. The van der Waals surface area contributed by atoms with Crippen molar-refractivity contribution in [2.75, 3.05) is 25.5 Å². The van der Waals surface area contributed by atoms with E-state index in [9.17, 15) is 18.4 Å². The summed E-state index contributed by atoms with van der Waals surface area (Å²) in [6, 6.07) is 3.18. The minimum absolute atomic E-state index is 0.0606. The fourth-order valence-corrected chi connectivity index (χ4v) is 1.83. The fourth-order valence-electron chi connectivity index (χ4n) is 1.83. The van der Waals surface area contributed by atoms with Gasteiger partial charge in [-0.05, 0) is 32.0 Å². The van der Waals surface area contributed by atoms with Crippen LogP contribution in [0.2, 0.25) is 0 Å². The van der Waals surface area contributed by atoms with Gasteiger partial charge in [-0.2, -0.15) is 0 Å². The number of halogens is 2. The van der Waals surface area contributed by atoms with Gasteiger partial charge in [0.2, 0.25) is 11.8 Å². The second kappa shape index (κ2) is 6.62. The van der Waals surface area contributed by atoms with Crippen LogP contribution in [0, 0.1) is 11.6 Å². The first-order chi connectivity index (χ1) is 9.94. The summed E-state index contributed by atoms with van der Waals surface area (Å²) < 4.78 is 26.1. The third-order valence-corrected chi connectivity index (χ3v) is 2.97. The van der Waals surface area contributed by atoms with Crippen LogP contribution >= 0.6 is 0 Å². The molecule has 7 heteroatoms. The van der Waals surface area contributed by atoms with E-state index in [0.717, 1.165) is 25.0 Å². The number of hydrogen-bond acceptors (Lipinski definition) is 3. The third kappa shape index (κ3) is 5.11. The number of rotatable bonds is 6. The van der Waals surface area contributed by atoms with Gasteiger partial charge in [-0.3, -0.25) is 14.5 Å². The summed E-state index contributed by atoms with van der Waals surface area (Å²) in [4.78, 5) is 24.8. The molecule has 1 saturated carbocycles. The van der Waals surface area contributed by atoms with E-state index in [2.05, 4.69) is 10.6 Å². The van der Waals surface area contributed by atoms with Crippen molar-refractivity contribution in [3.05, 3.63) is 29.8 Å². The molecule has 0 atom stereocenters. The summed E-state index contributed by atoms with van der Waals surface area (Å²) in [5.74, 6) is -2.15. The molecule has 0 unspecified atom stereocenters. The highest BCUT2D eigenvalue weighted by atomic mass is 19.1. The summed E-state index contributed by atoms with van der Waals surface area (Å²) in [5.41, 5.74) is -0.0859. The monoisotopic (exact) mass is 297 g/mol. The summed E-state index contributed by atoms with van der Waals surface area (Å²) in [6.07, 6.45) is 2.00. The summed E-state index contributed by atoms with van der Waals surface area (Å²) in [7, 11) is 1.62. The molecule has 1 aliphatic carbocycles. The molecule has 0 radical (unpaired) electrons. The van der Waals surface area contributed by atoms with E-state index in [0.29, 0.717) is 6.07 Å². The van der Waals surface area contributed by atoms with Crippen molar-refractivity contribution in [2.45, 2.75) is 18.9 Å². The zero-order valence-corrected chi connectivity index (χ0v) is 11.7. The van der Waals surface area contributed by atoms with Crippen LogP contribution in [-0.4, -0.2) is 42.9 Å². The van der Waals surface area contributed by atoms with Crippen molar-refractivity contribution in [3.8, 4) is 0 Å². The lowest BCUT2D eigenvalue weighted by Gasteiger charge is -2.16. The Kier molecular flexibility index (Phi) is 4.85. The van der Waals surface area contributed by atoms with E-state index in [1.807, 2.05) is 0 Å². The van der Waals surface area contributed by atoms with Gasteiger partial charge in [0.1, 0.15) is 11.6 Å². The Labute approximate surface area is 121 Å². The topological polar surface area (TPSA) is 61.4 Å². The number of carbonyl (C=O) groups excluding carboxylic acids is 2. The maximum atomic E-state index is 13.4. The summed E-state index contributed by atoms with van der Waals surface area (Å²) in [5, 5.41) is 5.15. The smallest absolute Gasteiger partial charge is 0.238 e. The molecule has 0 saturated heterocycles. The predicted octanol–water partition coefficient (Wildman–Crippen LogP) is 1.11. The molecule has 0 spiro atoms. The minimum Gasteiger partial charge on any atom is -0.352 e. The molecule has 114 valence electrons. The van der Waals surface area contributed by atoms with Crippen LogP contribution in [-0.2, 0) is 9.59 Å². The number of nitrogens with zero attached hydrogens (tertiary/aromatic N) is 1. The predicted molar refractivity (Wildman–Crippen MR) is 73.6 cm³/mol. The van der Waals surface area contributed by atoms with Crippen LogP contribution in [0.15, 0.2) is 18.2 Å². The van der Waals surface area contributed by atoms with E-state index in [-0.39, 0.29) is 30.7 Å². The molecule has 0 aliphatic heterocycles. The van der Waals surface area contributed by atoms with E-state index in [1.165, 1.54) is 4.90 Å². The Balaban J connectivity index is 1.78. The standard InChI is InChI=1S/C14H17F2N3O2/c1-19(7-13(20)17-10-3-4-10)8-14(21)18-12-5-2-9(15)6-11(12)16/h2,5-6,10H,3-4,7-8H2,1H3,(H,17,20)(H,18,21). The zero-order valence-electron chi connectivity index (χ0n) is 11.7. The first-order valence-corrected chi connectivity index (χ1v) is 6.67. The Morgan fingerprint density at radius 3 is 2.52 bits per heavy atom. The van der Waals surface area contributed by atoms with E-state index in [4.69, 9.17) is 0 Å². The van der Waals surface area contributed by atoms with Crippen molar-refractivity contribution >= 4 is 17.5 Å². The van der Waals surface area contributed by atoms with Crippen molar-refractivity contribution in [3.63, 3.8) is 0 Å². The van der Waals surface area contributed by atoms with Gasteiger partial charge in [-0.1, -0.05) is 0 Å². The minimum atomic E-state index is -0.836. The molecule has 0 bridgehead atoms. The quantitative estimate of drug-likeness (QED) is 0.827. The first kappa shape index (κ1) is 15.4. The molecule has 0 heterocycles. The lowest BCUT2D eigenvalue weighted by atomic mass is 10.3. The van der Waals surface area contributed by atoms with Gasteiger partial charge < -0.3 is 10.6 Å². The van der Waals surface area contributed by atoms with Crippen molar-refractivity contribution in [1.29, 1.82) is 0 Å². The third-order valence-electron chi connectivity index (χ3n) is 2.97. The second-order valence-electron chi connectivity index (χ2n) is 5.19. The summed E-state index contributed by atoms with van der Waals surface area (Å²) in [6.45, 7) is 0.0325. The number of benzene rings is 1. The molecule has 1 aliphatic rings. The highest BCUT2D eigenvalue weighted by Gasteiger charge is 2.23. The average molecular weight is 297 g/mol. The molecule has 5 nitrogen and oxygen atoms in total. The molecule has 1 aromatic rings. The molecule has 21 heavy (non-hydrogen) atoms. The van der Waals surface area contributed by atoms with Gasteiger partial charge in [0.25, 0.3) is 0 Å². The van der Waals surface area contributed by atoms with Crippen LogP contribution in [0.5, 0.6) is 0 Å². The van der Waals surface area contributed by atoms with Gasteiger partial charge in [0.05, 0.1) is 18.8 Å². The number of hydrogen-bond donors (Lipinski definition) is 2. The number of nitrogens with one attached hydrogen (secondary N) is 2. The zero-order chi connectivity index (χ0) is 15.4. The average Bonchev–Trinajstić information content (AvgIpc) is 3.16. The Morgan fingerprint density at radius 1 is 1.24 bits per heavy atom. The van der Waals surface area contributed by atoms with Crippen molar-refractivity contribution in [1.82, 2.24) is 10.2 Å². The van der Waals surface area contributed by atoms with Crippen LogP contribution in [0.25, 0.3) is 0 Å². The number of likely N-dealkylation sites (N-methyl/N-ethyl adjacent to an activating group) is 1. The van der Waals surface area contributed by atoms with E-state index in [1.54, 1.807) is 7.05 Å². The first-order valence-electron chi connectivity index (χ1n) is 6.67. The highest BCUT2D eigenvalue weighted by Crippen LogP contribution is 2.18. The maximum absolute atomic E-state index is 13.4. The van der Waals surface area contributed by atoms with Crippen molar-refractivity contribution < 1.29 is 18.4 Å². The molecule has 2 rings (SSSR count). The summed E-state index contributed by atoms with van der Waals surface area (Å²) >= 11 is 0. The van der Waals surface area contributed by atoms with Crippen LogP contribution in [0.1, 0.15) is 12.8 Å². The molecular weight excluding hydrogens is 280 g/mol. The molecule has 1 aromatic carbocycles. The van der Waals surface area contributed by atoms with Gasteiger partial charge in [0, 0.05) is 12.1 Å². The van der Waals surface area contributed by atoms with Crippen molar-refractivity contribution in [2.24, 2.45) is 0 Å². The van der Waals surface area contributed by atoms with Crippen LogP contribution in [0.3, 0.4) is 0 Å². The molecule has 1 fully saturated rings. The Morgan fingerprint density at radius 2 is 1.90 bits per heavy atom. The molecule has 2 N–H and O–H groups in total. The van der Waals surface area contributed by atoms with E-state index < -0.39 is 17.5 Å². The van der Waals surface area contributed by atoms with E-state index >= 15 is 0 Å².